The minimum atomic E-state index is -0.584. The molecule has 3 heterocycles. The molecule has 3 aliphatic rings. The van der Waals surface area contributed by atoms with Crippen LogP contribution in [-0.4, -0.2) is 98.0 Å². The van der Waals surface area contributed by atoms with Gasteiger partial charge in [-0.2, -0.15) is 0 Å². The predicted octanol–water partition coefficient (Wildman–Crippen LogP) is 3.08. The van der Waals surface area contributed by atoms with Crippen LogP contribution in [0.4, 0.5) is 9.59 Å². The fourth-order valence-corrected chi connectivity index (χ4v) is 4.17. The molecule has 2 aromatic carbocycles. The van der Waals surface area contributed by atoms with Gasteiger partial charge in [-0.1, -0.05) is 67.6 Å². The number of aliphatic hydroxyl groups is 1. The summed E-state index contributed by atoms with van der Waals surface area (Å²) in [5.74, 6) is 0.0136. The molecule has 10 heteroatoms. The van der Waals surface area contributed by atoms with E-state index in [-0.39, 0.29) is 37.4 Å². The SMILES string of the molecule is C[C@H]1COCCN(C(=O)OCc2ccccc2)C[C@@H]1O.O=C(OCc1ccccc1)N1CCOCC2OC2C1. The highest BCUT2D eigenvalue weighted by Gasteiger charge is 2.42. The van der Waals surface area contributed by atoms with E-state index in [1.165, 1.54) is 4.90 Å². The van der Waals surface area contributed by atoms with E-state index in [1.54, 1.807) is 4.90 Å². The van der Waals surface area contributed by atoms with E-state index >= 15 is 0 Å². The smallest absolute Gasteiger partial charge is 0.410 e. The lowest BCUT2D eigenvalue weighted by Crippen LogP contribution is -2.44. The van der Waals surface area contributed by atoms with Gasteiger partial charge in [-0.15, -0.1) is 0 Å². The first kappa shape index (κ1) is 28.8. The topological polar surface area (TPSA) is 110 Å². The van der Waals surface area contributed by atoms with E-state index in [9.17, 15) is 14.7 Å². The number of carbonyl (C=O) groups excluding carboxylic acids is 2. The molecule has 5 rings (SSSR count). The number of carbonyl (C=O) groups is 2. The number of aliphatic hydroxyl groups excluding tert-OH is 1. The van der Waals surface area contributed by atoms with Gasteiger partial charge in [0, 0.05) is 19.0 Å². The molecule has 0 aliphatic carbocycles. The summed E-state index contributed by atoms with van der Waals surface area (Å²) in [6, 6.07) is 19.2. The van der Waals surface area contributed by atoms with Crippen molar-refractivity contribution in [3.8, 4) is 0 Å². The number of β-amino-alcohol motifs (C(OH)–C–C–N with tert-alkyl or cyclic N) is 1. The highest BCUT2D eigenvalue weighted by Crippen LogP contribution is 2.25. The average molecular weight is 543 g/mol. The summed E-state index contributed by atoms with van der Waals surface area (Å²) in [5, 5.41) is 9.96. The summed E-state index contributed by atoms with van der Waals surface area (Å²) in [6.07, 6.45) is -1.02. The Labute approximate surface area is 229 Å². The van der Waals surface area contributed by atoms with Gasteiger partial charge in [0.1, 0.15) is 25.4 Å². The maximum atomic E-state index is 12.0. The fraction of sp³-hybridized carbons (Fsp3) is 0.517. The molecule has 10 nitrogen and oxygen atoms in total. The van der Waals surface area contributed by atoms with E-state index in [1.807, 2.05) is 67.6 Å². The van der Waals surface area contributed by atoms with Crippen molar-refractivity contribution < 1.29 is 38.4 Å². The largest absolute Gasteiger partial charge is 0.445 e. The van der Waals surface area contributed by atoms with Gasteiger partial charge < -0.3 is 38.6 Å². The zero-order valence-electron chi connectivity index (χ0n) is 22.4. The van der Waals surface area contributed by atoms with Gasteiger partial charge >= 0.3 is 12.2 Å². The molecule has 3 aliphatic heterocycles. The number of amides is 2. The van der Waals surface area contributed by atoms with Crippen LogP contribution in [0.15, 0.2) is 60.7 Å². The van der Waals surface area contributed by atoms with Crippen molar-refractivity contribution in [1.29, 1.82) is 0 Å². The first-order valence-corrected chi connectivity index (χ1v) is 13.4. The third-order valence-electron chi connectivity index (χ3n) is 6.75. The number of benzene rings is 2. The van der Waals surface area contributed by atoms with Crippen LogP contribution in [-0.2, 0) is 36.9 Å². The quantitative estimate of drug-likeness (QED) is 0.587. The lowest BCUT2D eigenvalue weighted by molar-refractivity contribution is -0.0180. The number of epoxide rings is 1. The second kappa shape index (κ2) is 14.8. The van der Waals surface area contributed by atoms with E-state index in [0.717, 1.165) is 11.1 Å². The van der Waals surface area contributed by atoms with Crippen molar-refractivity contribution in [3.63, 3.8) is 0 Å². The van der Waals surface area contributed by atoms with E-state index in [4.69, 9.17) is 23.7 Å². The monoisotopic (exact) mass is 542 g/mol. The zero-order valence-corrected chi connectivity index (χ0v) is 22.4. The Hall–Kier alpha value is -3.18. The molecular formula is C29H38N2O8. The number of ether oxygens (including phenoxy) is 5. The third-order valence-corrected chi connectivity index (χ3v) is 6.75. The number of fused-ring (bicyclic) bond motifs is 1. The summed E-state index contributed by atoms with van der Waals surface area (Å²) in [7, 11) is 0. The minimum absolute atomic E-state index is 0.0136. The predicted molar refractivity (Wildman–Crippen MR) is 142 cm³/mol. The molecule has 0 aromatic heterocycles. The molecule has 2 amide bonds. The second-order valence-corrected chi connectivity index (χ2v) is 9.88. The van der Waals surface area contributed by atoms with Crippen LogP contribution in [0.3, 0.4) is 0 Å². The molecule has 2 aromatic rings. The summed E-state index contributed by atoms with van der Waals surface area (Å²) >= 11 is 0. The molecule has 0 spiro atoms. The number of hydrogen-bond acceptors (Lipinski definition) is 8. The van der Waals surface area contributed by atoms with Crippen molar-refractivity contribution in [2.75, 3.05) is 52.6 Å². The lowest BCUT2D eigenvalue weighted by Gasteiger charge is -2.30. The number of rotatable bonds is 4. The molecule has 3 saturated heterocycles. The van der Waals surface area contributed by atoms with Crippen LogP contribution in [0.25, 0.3) is 0 Å². The molecule has 0 radical (unpaired) electrons. The molecule has 0 bridgehead atoms. The Morgan fingerprint density at radius 3 is 1.87 bits per heavy atom. The van der Waals surface area contributed by atoms with Gasteiger partial charge in [0.25, 0.3) is 0 Å². The molecule has 1 N–H and O–H groups in total. The van der Waals surface area contributed by atoms with Crippen molar-refractivity contribution >= 4 is 12.2 Å². The van der Waals surface area contributed by atoms with Gasteiger partial charge in [0.2, 0.25) is 0 Å². The summed E-state index contributed by atoms with van der Waals surface area (Å²) < 4.78 is 26.8. The first-order valence-electron chi connectivity index (χ1n) is 13.4. The van der Waals surface area contributed by atoms with Crippen LogP contribution in [0.2, 0.25) is 0 Å². The number of nitrogens with zero attached hydrogens (tertiary/aromatic N) is 2. The van der Waals surface area contributed by atoms with E-state index in [2.05, 4.69) is 0 Å². The summed E-state index contributed by atoms with van der Waals surface area (Å²) in [5.41, 5.74) is 1.93. The Bertz CT molecular complexity index is 1020. The Balaban J connectivity index is 0.000000181. The Morgan fingerprint density at radius 1 is 0.795 bits per heavy atom. The van der Waals surface area contributed by atoms with Crippen LogP contribution in [0, 0.1) is 5.92 Å². The minimum Gasteiger partial charge on any atom is -0.445 e. The van der Waals surface area contributed by atoms with Gasteiger partial charge in [-0.25, -0.2) is 9.59 Å². The molecule has 2 unspecified atom stereocenters. The highest BCUT2D eigenvalue weighted by molar-refractivity contribution is 5.68. The molecule has 0 saturated carbocycles. The van der Waals surface area contributed by atoms with Gasteiger partial charge in [0.05, 0.1) is 45.6 Å². The fourth-order valence-electron chi connectivity index (χ4n) is 4.17. The van der Waals surface area contributed by atoms with Crippen molar-refractivity contribution in [3.05, 3.63) is 71.8 Å². The summed E-state index contributed by atoms with van der Waals surface area (Å²) in [6.45, 7) is 6.49. The van der Waals surface area contributed by atoms with Crippen LogP contribution in [0.5, 0.6) is 0 Å². The molecular weight excluding hydrogens is 504 g/mol. The maximum Gasteiger partial charge on any atom is 0.410 e. The maximum absolute atomic E-state index is 12.0. The zero-order chi connectivity index (χ0) is 27.5. The van der Waals surface area contributed by atoms with Gasteiger partial charge in [-0.05, 0) is 11.1 Å². The lowest BCUT2D eigenvalue weighted by atomic mass is 10.1. The average Bonchev–Trinajstić information content (AvgIpc) is 3.68. The summed E-state index contributed by atoms with van der Waals surface area (Å²) in [4.78, 5) is 27.2. The van der Waals surface area contributed by atoms with Crippen LogP contribution >= 0.6 is 0 Å². The van der Waals surface area contributed by atoms with E-state index < -0.39 is 12.2 Å². The Kier molecular flexibility index (Phi) is 11.0. The van der Waals surface area contributed by atoms with Crippen LogP contribution < -0.4 is 0 Å². The number of hydrogen-bond donors (Lipinski definition) is 1. The van der Waals surface area contributed by atoms with Gasteiger partial charge in [-0.3, -0.25) is 0 Å². The van der Waals surface area contributed by atoms with Gasteiger partial charge in [0.15, 0.2) is 0 Å². The van der Waals surface area contributed by atoms with E-state index in [0.29, 0.717) is 52.7 Å². The highest BCUT2D eigenvalue weighted by atomic mass is 16.6. The molecule has 39 heavy (non-hydrogen) atoms. The standard InChI is InChI=1S/C15H21NO4.C14H17NO4/c1-12-10-19-8-7-16(9-14(12)17)15(18)20-11-13-5-3-2-4-6-13;16-14(18-9-11-4-2-1-3-5-11)15-6-7-17-10-13-12(8-15)19-13/h2-6,12,14,17H,7-11H2,1H3;1-5,12-13H,6-10H2/t12-,14-;/m0./s1. The third kappa shape index (κ3) is 9.50. The normalized spacial score (nSPS) is 24.9. The molecule has 4 atom stereocenters. The Morgan fingerprint density at radius 2 is 1.31 bits per heavy atom. The van der Waals surface area contributed by atoms with Crippen LogP contribution in [0.1, 0.15) is 18.1 Å². The first-order chi connectivity index (χ1) is 19.0. The molecule has 212 valence electrons. The van der Waals surface area contributed by atoms with Crippen molar-refractivity contribution in [1.82, 2.24) is 9.80 Å². The van der Waals surface area contributed by atoms with Crippen molar-refractivity contribution in [2.45, 2.75) is 38.4 Å². The molecule has 3 fully saturated rings. The van der Waals surface area contributed by atoms with Crippen molar-refractivity contribution in [2.24, 2.45) is 5.92 Å². The second-order valence-electron chi connectivity index (χ2n) is 9.88.